The summed E-state index contributed by atoms with van der Waals surface area (Å²) in [5, 5.41) is 2.61. The normalized spacial score (nSPS) is 8.93. The zero-order chi connectivity index (χ0) is 11.1. The number of hydrogen-bond donors (Lipinski definition) is 1. The van der Waals surface area contributed by atoms with Crippen molar-refractivity contribution in [2.45, 2.75) is 13.3 Å². The van der Waals surface area contributed by atoms with Gasteiger partial charge < -0.3 is 5.32 Å². The lowest BCUT2D eigenvalue weighted by molar-refractivity contribution is -0.118. The van der Waals surface area contributed by atoms with E-state index in [0.717, 1.165) is 0 Å². The smallest absolute Gasteiger partial charge is 0.216 e. The number of halogens is 1. The van der Waals surface area contributed by atoms with E-state index >= 15 is 0 Å². The van der Waals surface area contributed by atoms with Crippen LogP contribution in [0.1, 0.15) is 18.9 Å². The molecule has 0 saturated carbocycles. The fraction of sp³-hybridized carbons (Fsp3) is 0.250. The molecule has 0 aliphatic heterocycles. The van der Waals surface area contributed by atoms with Gasteiger partial charge in [-0.2, -0.15) is 0 Å². The number of carbonyl (C=O) groups excluding carboxylic acids is 1. The number of benzene rings is 1. The zero-order valence-electron chi connectivity index (χ0n) is 8.51. The Morgan fingerprint density at radius 2 is 2.20 bits per heavy atom. The van der Waals surface area contributed by atoms with Crippen LogP contribution in [-0.2, 0) is 4.79 Å². The van der Waals surface area contributed by atoms with Crippen LogP contribution in [0.2, 0.25) is 0 Å². The van der Waals surface area contributed by atoms with Crippen molar-refractivity contribution in [3.8, 4) is 11.8 Å². The largest absolute Gasteiger partial charge is 0.355 e. The molecule has 0 atom stereocenters. The highest BCUT2D eigenvalue weighted by Crippen LogP contribution is 2.03. The van der Waals surface area contributed by atoms with Crippen molar-refractivity contribution in [3.05, 3.63) is 35.6 Å². The minimum atomic E-state index is -0.315. The third kappa shape index (κ3) is 4.28. The Labute approximate surface area is 88.5 Å². The maximum atomic E-state index is 13.1. The van der Waals surface area contributed by atoms with E-state index in [2.05, 4.69) is 17.2 Å². The highest BCUT2D eigenvalue weighted by atomic mass is 19.1. The Morgan fingerprint density at radius 1 is 1.47 bits per heavy atom. The van der Waals surface area contributed by atoms with E-state index in [-0.39, 0.29) is 11.7 Å². The lowest BCUT2D eigenvalue weighted by Crippen LogP contribution is -2.20. The second kappa shape index (κ2) is 5.82. The van der Waals surface area contributed by atoms with Gasteiger partial charge >= 0.3 is 0 Å². The monoisotopic (exact) mass is 205 g/mol. The lowest BCUT2D eigenvalue weighted by Gasteiger charge is -1.95. The molecule has 0 fully saturated rings. The molecule has 2 nitrogen and oxygen atoms in total. The van der Waals surface area contributed by atoms with Crippen molar-refractivity contribution >= 4 is 5.91 Å². The molecule has 0 aromatic heterocycles. The first-order valence-corrected chi connectivity index (χ1v) is 4.68. The average Bonchev–Trinajstić information content (AvgIpc) is 2.20. The number of nitrogens with one attached hydrogen (secondary N) is 1. The van der Waals surface area contributed by atoms with Crippen LogP contribution in [0.15, 0.2) is 24.3 Å². The lowest BCUT2D eigenvalue weighted by atomic mass is 10.2. The van der Waals surface area contributed by atoms with Gasteiger partial charge in [-0.3, -0.25) is 4.79 Å². The molecule has 1 amide bonds. The van der Waals surface area contributed by atoms with Gasteiger partial charge in [0.15, 0.2) is 0 Å². The van der Waals surface area contributed by atoms with E-state index < -0.39 is 0 Å². The van der Waals surface area contributed by atoms with Crippen LogP contribution >= 0.6 is 0 Å². The molecule has 0 aliphatic rings. The minimum Gasteiger partial charge on any atom is -0.355 e. The Balaban J connectivity index is 2.45. The van der Waals surface area contributed by atoms with Crippen molar-refractivity contribution in [1.82, 2.24) is 5.32 Å². The third-order valence-electron chi connectivity index (χ3n) is 1.72. The van der Waals surface area contributed by atoms with Crippen LogP contribution in [0.4, 0.5) is 4.39 Å². The molecule has 0 spiro atoms. The molecule has 1 N–H and O–H groups in total. The summed E-state index contributed by atoms with van der Waals surface area (Å²) in [7, 11) is 0. The molecule has 0 saturated heterocycles. The predicted molar refractivity (Wildman–Crippen MR) is 56.6 cm³/mol. The van der Waals surface area contributed by atoms with Gasteiger partial charge in [-0.05, 0) is 12.1 Å². The van der Waals surface area contributed by atoms with Gasteiger partial charge in [0.1, 0.15) is 5.82 Å². The Bertz CT molecular complexity index is 404. The molecule has 3 heteroatoms. The highest BCUT2D eigenvalue weighted by molar-refractivity contribution is 5.72. The molecule has 15 heavy (non-hydrogen) atoms. The summed E-state index contributed by atoms with van der Waals surface area (Å²) in [5.41, 5.74) is 0.389. The Morgan fingerprint density at radius 3 is 2.87 bits per heavy atom. The SMILES string of the molecule is CC(=O)NCCC#Cc1ccccc1F. The van der Waals surface area contributed by atoms with Gasteiger partial charge in [0.2, 0.25) is 5.91 Å². The molecule has 0 bridgehead atoms. The van der Waals surface area contributed by atoms with Crippen molar-refractivity contribution in [2.24, 2.45) is 0 Å². The summed E-state index contributed by atoms with van der Waals surface area (Å²) >= 11 is 0. The molecule has 78 valence electrons. The summed E-state index contributed by atoms with van der Waals surface area (Å²) in [6.45, 7) is 1.95. The summed E-state index contributed by atoms with van der Waals surface area (Å²) < 4.78 is 13.1. The van der Waals surface area contributed by atoms with Crippen LogP contribution in [0.3, 0.4) is 0 Å². The van der Waals surface area contributed by atoms with E-state index in [0.29, 0.717) is 18.5 Å². The molecular weight excluding hydrogens is 193 g/mol. The molecule has 1 aromatic rings. The fourth-order valence-corrected chi connectivity index (χ4v) is 1.02. The van der Waals surface area contributed by atoms with Crippen LogP contribution in [-0.4, -0.2) is 12.5 Å². The average molecular weight is 205 g/mol. The summed E-state index contributed by atoms with van der Waals surface area (Å²) in [5.74, 6) is 5.11. The molecular formula is C12H12FNO. The van der Waals surface area contributed by atoms with Gasteiger partial charge in [-0.1, -0.05) is 24.0 Å². The number of amides is 1. The Hall–Kier alpha value is -1.82. The maximum absolute atomic E-state index is 13.1. The van der Waals surface area contributed by atoms with Crippen LogP contribution in [0.25, 0.3) is 0 Å². The second-order valence-electron chi connectivity index (χ2n) is 3.01. The summed E-state index contributed by atoms with van der Waals surface area (Å²) in [6, 6.07) is 6.36. The summed E-state index contributed by atoms with van der Waals surface area (Å²) in [6.07, 6.45) is 0.522. The van der Waals surface area contributed by atoms with Gasteiger partial charge in [0.05, 0.1) is 5.56 Å². The van der Waals surface area contributed by atoms with Gasteiger partial charge in [0, 0.05) is 19.9 Å². The molecule has 0 unspecified atom stereocenters. The first-order valence-electron chi connectivity index (χ1n) is 4.68. The third-order valence-corrected chi connectivity index (χ3v) is 1.72. The number of hydrogen-bond acceptors (Lipinski definition) is 1. The molecule has 1 aromatic carbocycles. The standard InChI is InChI=1S/C12H12FNO/c1-10(15)14-9-5-4-7-11-6-2-3-8-12(11)13/h2-3,6,8H,5,9H2,1H3,(H,14,15). The first-order chi connectivity index (χ1) is 7.20. The fourth-order valence-electron chi connectivity index (χ4n) is 1.02. The van der Waals surface area contributed by atoms with Crippen LogP contribution in [0.5, 0.6) is 0 Å². The highest BCUT2D eigenvalue weighted by Gasteiger charge is 1.94. The van der Waals surface area contributed by atoms with E-state index in [1.54, 1.807) is 18.2 Å². The number of carbonyl (C=O) groups is 1. The van der Waals surface area contributed by atoms with Gasteiger partial charge in [-0.25, -0.2) is 4.39 Å². The quantitative estimate of drug-likeness (QED) is 0.578. The van der Waals surface area contributed by atoms with Crippen LogP contribution in [0, 0.1) is 17.7 Å². The first kappa shape index (κ1) is 11.3. The second-order valence-corrected chi connectivity index (χ2v) is 3.01. The maximum Gasteiger partial charge on any atom is 0.216 e. The van der Waals surface area contributed by atoms with Crippen molar-refractivity contribution in [3.63, 3.8) is 0 Å². The molecule has 0 aliphatic carbocycles. The predicted octanol–water partition coefficient (Wildman–Crippen LogP) is 1.70. The van der Waals surface area contributed by atoms with Gasteiger partial charge in [-0.15, -0.1) is 0 Å². The Kier molecular flexibility index (Phi) is 4.36. The van der Waals surface area contributed by atoms with Gasteiger partial charge in [0.25, 0.3) is 0 Å². The topological polar surface area (TPSA) is 29.1 Å². The summed E-state index contributed by atoms with van der Waals surface area (Å²) in [4.78, 5) is 10.5. The van der Waals surface area contributed by atoms with Crippen molar-refractivity contribution in [2.75, 3.05) is 6.54 Å². The zero-order valence-corrected chi connectivity index (χ0v) is 8.51. The molecule has 0 radical (unpaired) electrons. The van der Waals surface area contributed by atoms with E-state index in [9.17, 15) is 9.18 Å². The molecule has 1 rings (SSSR count). The van der Waals surface area contributed by atoms with Crippen molar-refractivity contribution < 1.29 is 9.18 Å². The van der Waals surface area contributed by atoms with E-state index in [4.69, 9.17) is 0 Å². The van der Waals surface area contributed by atoms with Crippen LogP contribution < -0.4 is 5.32 Å². The number of rotatable bonds is 2. The van der Waals surface area contributed by atoms with Crippen molar-refractivity contribution in [1.29, 1.82) is 0 Å². The minimum absolute atomic E-state index is 0.0808. The molecule has 0 heterocycles. The van der Waals surface area contributed by atoms with E-state index in [1.807, 2.05) is 0 Å². The van der Waals surface area contributed by atoms with E-state index in [1.165, 1.54) is 13.0 Å².